The lowest BCUT2D eigenvalue weighted by Gasteiger charge is -1.99. The van der Waals surface area contributed by atoms with Gasteiger partial charge in [-0.15, -0.1) is 11.3 Å². The SMILES string of the molecule is COc1ccc(C(=O)C=c2[nH]c(=O)c(=Cc3cccc(C)c3)s2)cc1. The summed E-state index contributed by atoms with van der Waals surface area (Å²) in [7, 11) is 1.57. The molecule has 0 aliphatic rings. The van der Waals surface area contributed by atoms with Gasteiger partial charge < -0.3 is 9.72 Å². The Bertz CT molecular complexity index is 1080. The van der Waals surface area contributed by atoms with Crippen molar-refractivity contribution in [1.29, 1.82) is 0 Å². The first kappa shape index (κ1) is 16.9. The third-order valence-electron chi connectivity index (χ3n) is 3.66. The van der Waals surface area contributed by atoms with E-state index in [-0.39, 0.29) is 11.3 Å². The molecule has 0 saturated heterocycles. The number of aromatic amines is 1. The van der Waals surface area contributed by atoms with Crippen LogP contribution in [0.25, 0.3) is 12.2 Å². The third kappa shape index (κ3) is 4.14. The second-order valence-electron chi connectivity index (χ2n) is 5.58. The Morgan fingerprint density at radius 3 is 2.60 bits per heavy atom. The minimum atomic E-state index is -0.194. The van der Waals surface area contributed by atoms with E-state index in [0.717, 1.165) is 11.1 Å². The van der Waals surface area contributed by atoms with Gasteiger partial charge in [0.05, 0.1) is 16.3 Å². The Hall–Kier alpha value is -2.92. The Kier molecular flexibility index (Phi) is 4.95. The number of aromatic nitrogens is 1. The fraction of sp³-hybridized carbons (Fsp3) is 0.100. The molecule has 5 heteroatoms. The van der Waals surface area contributed by atoms with Gasteiger partial charge in [-0.3, -0.25) is 9.59 Å². The number of hydrogen-bond acceptors (Lipinski definition) is 4. The summed E-state index contributed by atoms with van der Waals surface area (Å²) < 4.78 is 6.18. The number of benzene rings is 2. The van der Waals surface area contributed by atoms with E-state index in [4.69, 9.17) is 4.74 Å². The van der Waals surface area contributed by atoms with E-state index >= 15 is 0 Å². The number of aryl methyl sites for hydroxylation is 1. The molecule has 0 saturated carbocycles. The van der Waals surface area contributed by atoms with Gasteiger partial charge in [-0.1, -0.05) is 29.8 Å². The zero-order valence-electron chi connectivity index (χ0n) is 13.9. The molecule has 25 heavy (non-hydrogen) atoms. The zero-order chi connectivity index (χ0) is 17.8. The molecule has 0 spiro atoms. The topological polar surface area (TPSA) is 59.2 Å². The smallest absolute Gasteiger partial charge is 0.266 e. The molecule has 1 N–H and O–H groups in total. The van der Waals surface area contributed by atoms with Crippen molar-refractivity contribution in [3.63, 3.8) is 0 Å². The lowest BCUT2D eigenvalue weighted by atomic mass is 10.1. The molecule has 0 fully saturated rings. The van der Waals surface area contributed by atoms with Gasteiger partial charge in [0.15, 0.2) is 5.78 Å². The summed E-state index contributed by atoms with van der Waals surface area (Å²) in [5, 5.41) is 0. The van der Waals surface area contributed by atoms with E-state index in [1.165, 1.54) is 17.4 Å². The van der Waals surface area contributed by atoms with Gasteiger partial charge in [0, 0.05) is 11.6 Å². The van der Waals surface area contributed by atoms with Crippen molar-refractivity contribution < 1.29 is 9.53 Å². The number of rotatable bonds is 4. The van der Waals surface area contributed by atoms with Crippen LogP contribution in [0, 0.1) is 6.92 Å². The third-order valence-corrected chi connectivity index (χ3v) is 4.62. The molecule has 0 bridgehead atoms. The molecule has 126 valence electrons. The van der Waals surface area contributed by atoms with Crippen LogP contribution in [0.3, 0.4) is 0 Å². The molecule has 0 atom stereocenters. The molecule has 0 radical (unpaired) electrons. The number of nitrogens with one attached hydrogen (secondary N) is 1. The lowest BCUT2D eigenvalue weighted by Crippen LogP contribution is -2.20. The van der Waals surface area contributed by atoms with E-state index in [1.807, 2.05) is 37.3 Å². The number of carbonyl (C=O) groups excluding carboxylic acids is 1. The first-order chi connectivity index (χ1) is 12.0. The highest BCUT2D eigenvalue weighted by Crippen LogP contribution is 2.12. The standard InChI is InChI=1S/C20H17NO3S/c1-13-4-3-5-14(10-13)11-18-20(23)21-19(25-18)12-17(22)15-6-8-16(24-2)9-7-15/h3-12H,1-2H3,(H,21,23). The summed E-state index contributed by atoms with van der Waals surface area (Å²) in [6, 6.07) is 14.8. The van der Waals surface area contributed by atoms with Crippen LogP contribution in [-0.2, 0) is 0 Å². The molecular formula is C20H17NO3S. The Morgan fingerprint density at radius 2 is 1.92 bits per heavy atom. The predicted molar refractivity (Wildman–Crippen MR) is 101 cm³/mol. The van der Waals surface area contributed by atoms with Crippen molar-refractivity contribution in [2.45, 2.75) is 6.92 Å². The summed E-state index contributed by atoms with van der Waals surface area (Å²) in [6.45, 7) is 2.00. The highest BCUT2D eigenvalue weighted by Gasteiger charge is 2.04. The molecule has 0 aliphatic heterocycles. The average molecular weight is 351 g/mol. The van der Waals surface area contributed by atoms with E-state index in [2.05, 4.69) is 4.98 Å². The van der Waals surface area contributed by atoms with Gasteiger partial charge in [0.2, 0.25) is 0 Å². The number of ketones is 1. The van der Waals surface area contributed by atoms with Crippen molar-refractivity contribution in [2.75, 3.05) is 7.11 Å². The van der Waals surface area contributed by atoms with Gasteiger partial charge in [-0.2, -0.15) is 0 Å². The molecule has 1 heterocycles. The monoisotopic (exact) mass is 351 g/mol. The van der Waals surface area contributed by atoms with Gasteiger partial charge in [-0.05, 0) is 42.8 Å². The molecule has 0 unspecified atom stereocenters. The minimum Gasteiger partial charge on any atom is -0.497 e. The van der Waals surface area contributed by atoms with Crippen molar-refractivity contribution >= 4 is 29.3 Å². The molecule has 3 aromatic rings. The van der Waals surface area contributed by atoms with Crippen molar-refractivity contribution in [3.05, 3.63) is 84.8 Å². The van der Waals surface area contributed by atoms with Crippen LogP contribution in [-0.4, -0.2) is 17.9 Å². The Balaban J connectivity index is 1.94. The maximum absolute atomic E-state index is 12.3. The molecule has 3 rings (SSSR count). The second kappa shape index (κ2) is 7.32. The number of H-pyrrole nitrogens is 1. The predicted octanol–water partition coefficient (Wildman–Crippen LogP) is 2.25. The number of carbonyl (C=O) groups is 1. The van der Waals surface area contributed by atoms with Gasteiger partial charge >= 0.3 is 0 Å². The summed E-state index contributed by atoms with van der Waals surface area (Å²) in [5.41, 5.74) is 2.43. The Labute approximate surface area is 148 Å². The van der Waals surface area contributed by atoms with E-state index in [0.29, 0.717) is 20.5 Å². The van der Waals surface area contributed by atoms with Crippen LogP contribution in [0.2, 0.25) is 0 Å². The van der Waals surface area contributed by atoms with Crippen LogP contribution in [0.1, 0.15) is 21.5 Å². The summed E-state index contributed by atoms with van der Waals surface area (Å²) in [4.78, 5) is 27.2. The maximum atomic E-state index is 12.3. The molecule has 1 aromatic heterocycles. The van der Waals surface area contributed by atoms with Crippen molar-refractivity contribution in [3.8, 4) is 5.75 Å². The largest absolute Gasteiger partial charge is 0.497 e. The van der Waals surface area contributed by atoms with E-state index < -0.39 is 0 Å². The average Bonchev–Trinajstić information content (AvgIpc) is 2.94. The fourth-order valence-electron chi connectivity index (χ4n) is 2.39. The number of thiazole rings is 1. The zero-order valence-corrected chi connectivity index (χ0v) is 14.7. The summed E-state index contributed by atoms with van der Waals surface area (Å²) in [6.07, 6.45) is 3.27. The number of methoxy groups -OCH3 is 1. The van der Waals surface area contributed by atoms with Crippen LogP contribution < -0.4 is 19.5 Å². The highest BCUT2D eigenvalue weighted by molar-refractivity contribution is 7.07. The normalized spacial score (nSPS) is 12.4. The number of Topliss-reactive ketones (excluding diaryl/α,β-unsaturated/α-hetero) is 1. The lowest BCUT2D eigenvalue weighted by molar-refractivity contribution is 0.106. The first-order valence-corrected chi connectivity index (χ1v) is 8.54. The molecule has 0 aliphatic carbocycles. The van der Waals surface area contributed by atoms with Crippen LogP contribution in [0.15, 0.2) is 53.3 Å². The van der Waals surface area contributed by atoms with Crippen molar-refractivity contribution in [1.82, 2.24) is 4.98 Å². The van der Waals surface area contributed by atoms with E-state index in [9.17, 15) is 9.59 Å². The minimum absolute atomic E-state index is 0.165. The summed E-state index contributed by atoms with van der Waals surface area (Å²) >= 11 is 1.27. The quantitative estimate of drug-likeness (QED) is 0.734. The van der Waals surface area contributed by atoms with Gasteiger partial charge in [-0.25, -0.2) is 0 Å². The van der Waals surface area contributed by atoms with Gasteiger partial charge in [0.1, 0.15) is 5.75 Å². The Morgan fingerprint density at radius 1 is 1.16 bits per heavy atom. The second-order valence-corrected chi connectivity index (χ2v) is 6.66. The first-order valence-electron chi connectivity index (χ1n) is 7.73. The number of ether oxygens (including phenoxy) is 1. The number of hydrogen-bond donors (Lipinski definition) is 1. The fourth-order valence-corrected chi connectivity index (χ4v) is 3.28. The van der Waals surface area contributed by atoms with Gasteiger partial charge in [0.25, 0.3) is 5.56 Å². The molecule has 4 nitrogen and oxygen atoms in total. The van der Waals surface area contributed by atoms with Crippen LogP contribution >= 0.6 is 11.3 Å². The van der Waals surface area contributed by atoms with E-state index in [1.54, 1.807) is 31.4 Å². The summed E-state index contributed by atoms with van der Waals surface area (Å²) in [5.74, 6) is 0.526. The molecular weight excluding hydrogens is 334 g/mol. The molecule has 0 amide bonds. The highest BCUT2D eigenvalue weighted by atomic mass is 32.1. The molecule has 2 aromatic carbocycles. The van der Waals surface area contributed by atoms with Crippen LogP contribution in [0.4, 0.5) is 0 Å². The maximum Gasteiger partial charge on any atom is 0.266 e. The van der Waals surface area contributed by atoms with Crippen LogP contribution in [0.5, 0.6) is 5.75 Å². The van der Waals surface area contributed by atoms with Crippen molar-refractivity contribution in [2.24, 2.45) is 0 Å².